The fraction of sp³-hybridized carbons (Fsp3) is 0.250. The molecule has 1 aromatic heterocycles. The number of Topliss-reactive ketones (excluding diaryl/α,β-unsaturated/α-hetero) is 1. The highest BCUT2D eigenvalue weighted by atomic mass is 16.5. The first-order chi connectivity index (χ1) is 10.1. The molecule has 1 aromatic carbocycles. The minimum Gasteiger partial charge on any atom is -0.489 e. The molecule has 21 heavy (non-hydrogen) atoms. The number of benzene rings is 1. The van der Waals surface area contributed by atoms with Crippen LogP contribution in [0, 0.1) is 0 Å². The van der Waals surface area contributed by atoms with Crippen LogP contribution in [0.5, 0.6) is 5.75 Å². The van der Waals surface area contributed by atoms with Crippen LogP contribution in [0.15, 0.2) is 34.9 Å². The van der Waals surface area contributed by atoms with E-state index in [1.54, 1.807) is 18.2 Å². The maximum Gasteiger partial charge on any atom is 0.372 e. The number of hydrogen-bond acceptors (Lipinski definition) is 4. The molecule has 0 atom stereocenters. The highest BCUT2D eigenvalue weighted by Gasteiger charge is 2.18. The molecule has 0 unspecified atom stereocenters. The molecule has 0 bridgehead atoms. The average molecular weight is 286 g/mol. The van der Waals surface area contributed by atoms with Gasteiger partial charge in [-0.25, -0.2) is 4.79 Å². The number of hydrogen-bond donors (Lipinski definition) is 1. The van der Waals surface area contributed by atoms with Crippen LogP contribution >= 0.6 is 0 Å². The number of carboxylic acid groups (broad SMARTS) is 1. The van der Waals surface area contributed by atoms with Gasteiger partial charge in [0, 0.05) is 17.5 Å². The summed E-state index contributed by atoms with van der Waals surface area (Å²) >= 11 is 0. The second kappa shape index (κ2) is 5.44. The van der Waals surface area contributed by atoms with E-state index in [0.717, 1.165) is 24.0 Å². The van der Waals surface area contributed by atoms with Crippen LogP contribution in [0.3, 0.4) is 0 Å². The van der Waals surface area contributed by atoms with E-state index in [-0.39, 0.29) is 18.2 Å². The van der Waals surface area contributed by atoms with Crippen LogP contribution in [0.25, 0.3) is 0 Å². The number of carboxylic acids is 1. The molecule has 0 aliphatic heterocycles. The normalized spacial score (nSPS) is 13.8. The fourth-order valence-corrected chi connectivity index (χ4v) is 2.51. The lowest BCUT2D eigenvalue weighted by Gasteiger charge is -2.15. The van der Waals surface area contributed by atoms with Gasteiger partial charge in [-0.15, -0.1) is 0 Å². The van der Waals surface area contributed by atoms with Crippen LogP contribution in [0.2, 0.25) is 0 Å². The van der Waals surface area contributed by atoms with Crippen LogP contribution in [-0.4, -0.2) is 16.9 Å². The first-order valence-corrected chi connectivity index (χ1v) is 6.74. The molecule has 5 nitrogen and oxygen atoms in total. The first kappa shape index (κ1) is 13.4. The minimum absolute atomic E-state index is 0.108. The Bertz CT molecular complexity index is 698. The highest BCUT2D eigenvalue weighted by Crippen LogP contribution is 2.26. The van der Waals surface area contributed by atoms with Crippen molar-refractivity contribution in [2.24, 2.45) is 0 Å². The molecular formula is C16H14O5. The molecule has 0 spiro atoms. The maximum atomic E-state index is 11.7. The predicted molar refractivity (Wildman–Crippen MR) is 73.7 cm³/mol. The van der Waals surface area contributed by atoms with Crippen molar-refractivity contribution in [3.63, 3.8) is 0 Å². The van der Waals surface area contributed by atoms with Crippen molar-refractivity contribution >= 4 is 11.8 Å². The van der Waals surface area contributed by atoms with Crippen molar-refractivity contribution < 1.29 is 23.8 Å². The number of aromatic carboxylic acids is 1. The molecule has 5 heteroatoms. The van der Waals surface area contributed by atoms with Crippen LogP contribution in [0.1, 0.15) is 44.9 Å². The van der Waals surface area contributed by atoms with E-state index < -0.39 is 5.97 Å². The first-order valence-electron chi connectivity index (χ1n) is 6.74. The molecule has 0 amide bonds. The van der Waals surface area contributed by atoms with Gasteiger partial charge < -0.3 is 14.3 Å². The summed E-state index contributed by atoms with van der Waals surface area (Å²) < 4.78 is 10.5. The average Bonchev–Trinajstić information content (AvgIpc) is 2.94. The SMILES string of the molecule is O=C1CCCc2cc(OCc3ccoc3C(=O)O)ccc21. The number of ether oxygens (including phenoxy) is 1. The zero-order valence-electron chi connectivity index (χ0n) is 11.3. The quantitative estimate of drug-likeness (QED) is 0.934. The third-order valence-electron chi connectivity index (χ3n) is 3.56. The molecule has 0 fully saturated rings. The van der Waals surface area contributed by atoms with E-state index in [2.05, 4.69) is 0 Å². The second-order valence-corrected chi connectivity index (χ2v) is 4.96. The fourth-order valence-electron chi connectivity index (χ4n) is 2.51. The van der Waals surface area contributed by atoms with E-state index in [0.29, 0.717) is 17.7 Å². The molecule has 1 aliphatic rings. The molecule has 0 saturated heterocycles. The Labute approximate surface area is 121 Å². The van der Waals surface area contributed by atoms with Gasteiger partial charge in [-0.1, -0.05) is 0 Å². The molecule has 0 radical (unpaired) electrons. The summed E-state index contributed by atoms with van der Waals surface area (Å²) in [6, 6.07) is 6.94. The number of aryl methyl sites for hydroxylation is 1. The molecule has 1 aliphatic carbocycles. The predicted octanol–water partition coefficient (Wildman–Crippen LogP) is 3.08. The van der Waals surface area contributed by atoms with Gasteiger partial charge in [0.1, 0.15) is 12.4 Å². The zero-order valence-corrected chi connectivity index (χ0v) is 11.3. The summed E-state index contributed by atoms with van der Waals surface area (Å²) in [4.78, 5) is 22.7. The number of rotatable bonds is 4. The number of fused-ring (bicyclic) bond motifs is 1. The van der Waals surface area contributed by atoms with Gasteiger partial charge in [0.2, 0.25) is 5.76 Å². The van der Waals surface area contributed by atoms with Crippen molar-refractivity contribution in [3.8, 4) is 5.75 Å². The topological polar surface area (TPSA) is 76.7 Å². The van der Waals surface area contributed by atoms with Crippen molar-refractivity contribution in [2.75, 3.05) is 0 Å². The number of ketones is 1. The molecule has 1 N–H and O–H groups in total. The summed E-state index contributed by atoms with van der Waals surface area (Å²) in [5.74, 6) is -0.426. The van der Waals surface area contributed by atoms with Gasteiger partial charge >= 0.3 is 5.97 Å². The zero-order chi connectivity index (χ0) is 14.8. The van der Waals surface area contributed by atoms with Gasteiger partial charge in [-0.3, -0.25) is 4.79 Å². The summed E-state index contributed by atoms with van der Waals surface area (Å²) in [5.41, 5.74) is 2.24. The van der Waals surface area contributed by atoms with Gasteiger partial charge in [-0.2, -0.15) is 0 Å². The molecule has 1 heterocycles. The highest BCUT2D eigenvalue weighted by molar-refractivity contribution is 5.98. The minimum atomic E-state index is -1.12. The van der Waals surface area contributed by atoms with E-state index in [1.807, 2.05) is 6.07 Å². The second-order valence-electron chi connectivity index (χ2n) is 4.96. The van der Waals surface area contributed by atoms with E-state index in [9.17, 15) is 9.59 Å². The molecule has 2 aromatic rings. The Morgan fingerprint density at radius 1 is 1.29 bits per heavy atom. The Hall–Kier alpha value is -2.56. The Morgan fingerprint density at radius 2 is 2.14 bits per heavy atom. The van der Waals surface area contributed by atoms with Crippen molar-refractivity contribution in [1.29, 1.82) is 0 Å². The monoisotopic (exact) mass is 286 g/mol. The Morgan fingerprint density at radius 3 is 2.95 bits per heavy atom. The third-order valence-corrected chi connectivity index (χ3v) is 3.56. The standard InChI is InChI=1S/C16H14O5/c17-14-3-1-2-10-8-12(4-5-13(10)14)21-9-11-6-7-20-15(11)16(18)19/h4-8H,1-3,9H2,(H,18,19). The molecule has 108 valence electrons. The number of carbonyl (C=O) groups is 2. The summed E-state index contributed by atoms with van der Waals surface area (Å²) in [6.07, 6.45) is 3.66. The lowest BCUT2D eigenvalue weighted by atomic mass is 9.90. The van der Waals surface area contributed by atoms with Crippen LogP contribution in [0.4, 0.5) is 0 Å². The molecule has 0 saturated carbocycles. The van der Waals surface area contributed by atoms with Gasteiger partial charge in [0.15, 0.2) is 5.78 Å². The smallest absolute Gasteiger partial charge is 0.372 e. The van der Waals surface area contributed by atoms with E-state index in [1.165, 1.54) is 6.26 Å². The third kappa shape index (κ3) is 2.67. The van der Waals surface area contributed by atoms with Gasteiger partial charge in [-0.05, 0) is 42.7 Å². The van der Waals surface area contributed by atoms with E-state index in [4.69, 9.17) is 14.3 Å². The lowest BCUT2D eigenvalue weighted by Crippen LogP contribution is -2.10. The Balaban J connectivity index is 1.75. The van der Waals surface area contributed by atoms with E-state index >= 15 is 0 Å². The van der Waals surface area contributed by atoms with Crippen molar-refractivity contribution in [2.45, 2.75) is 25.9 Å². The van der Waals surface area contributed by atoms with Crippen molar-refractivity contribution in [1.82, 2.24) is 0 Å². The lowest BCUT2D eigenvalue weighted by molar-refractivity contribution is 0.0658. The largest absolute Gasteiger partial charge is 0.489 e. The number of furan rings is 1. The van der Waals surface area contributed by atoms with Crippen LogP contribution < -0.4 is 4.74 Å². The summed E-state index contributed by atoms with van der Waals surface area (Å²) in [7, 11) is 0. The maximum absolute atomic E-state index is 11.7. The Kier molecular flexibility index (Phi) is 3.48. The van der Waals surface area contributed by atoms with Gasteiger partial charge in [0.05, 0.1) is 6.26 Å². The van der Waals surface area contributed by atoms with Crippen molar-refractivity contribution in [3.05, 3.63) is 53.0 Å². The van der Waals surface area contributed by atoms with Gasteiger partial charge in [0.25, 0.3) is 0 Å². The number of carbonyl (C=O) groups excluding carboxylic acids is 1. The van der Waals surface area contributed by atoms with Crippen LogP contribution in [-0.2, 0) is 13.0 Å². The molecule has 3 rings (SSSR count). The summed E-state index contributed by atoms with van der Waals surface area (Å²) in [6.45, 7) is 0.116. The summed E-state index contributed by atoms with van der Waals surface area (Å²) in [5, 5.41) is 8.95. The molecular weight excluding hydrogens is 272 g/mol.